The molecule has 0 aliphatic rings. The molecule has 0 bridgehead atoms. The third kappa shape index (κ3) is 9.74. The summed E-state index contributed by atoms with van der Waals surface area (Å²) in [7, 11) is 1.84. The van der Waals surface area contributed by atoms with Gasteiger partial charge in [0.25, 0.3) is 0 Å². The standard InChI is InChI=1S/C22H38N4O2/c1-6-23-22(24-15-13-20(18(3)4)28-7-2)25-16-14-21(27)26(5)17-19-11-9-8-10-12-19/h8-12,18,20H,6-7,13-17H2,1-5H3,(H2,23,24,25). The summed E-state index contributed by atoms with van der Waals surface area (Å²) >= 11 is 0. The van der Waals surface area contributed by atoms with Gasteiger partial charge in [-0.2, -0.15) is 0 Å². The number of aliphatic imine (C=N–C) groups is 1. The number of nitrogens with zero attached hydrogens (tertiary/aromatic N) is 2. The molecule has 0 aromatic heterocycles. The second kappa shape index (κ2) is 14.0. The van der Waals surface area contributed by atoms with Crippen molar-refractivity contribution in [2.75, 3.05) is 33.3 Å². The van der Waals surface area contributed by atoms with Gasteiger partial charge in [0.2, 0.25) is 5.91 Å². The van der Waals surface area contributed by atoms with E-state index < -0.39 is 0 Å². The van der Waals surface area contributed by atoms with Crippen molar-refractivity contribution in [3.05, 3.63) is 35.9 Å². The zero-order valence-corrected chi connectivity index (χ0v) is 18.2. The fourth-order valence-electron chi connectivity index (χ4n) is 2.89. The molecule has 0 aliphatic carbocycles. The number of carbonyl (C=O) groups excluding carboxylic acids is 1. The number of benzene rings is 1. The SMILES string of the molecule is CCNC(=NCCC(OCC)C(C)C)NCCC(=O)N(C)Cc1ccccc1. The summed E-state index contributed by atoms with van der Waals surface area (Å²) in [5, 5.41) is 6.49. The van der Waals surface area contributed by atoms with Gasteiger partial charge in [-0.15, -0.1) is 0 Å². The number of ether oxygens (including phenoxy) is 1. The Morgan fingerprint density at radius 1 is 1.18 bits per heavy atom. The van der Waals surface area contributed by atoms with Crippen LogP contribution < -0.4 is 10.6 Å². The maximum Gasteiger partial charge on any atom is 0.224 e. The number of carbonyl (C=O) groups is 1. The van der Waals surface area contributed by atoms with Crippen LogP contribution in [0.5, 0.6) is 0 Å². The van der Waals surface area contributed by atoms with E-state index in [1.807, 2.05) is 51.2 Å². The van der Waals surface area contributed by atoms with Crippen LogP contribution in [0, 0.1) is 5.92 Å². The molecular formula is C22H38N4O2. The van der Waals surface area contributed by atoms with Gasteiger partial charge in [-0.25, -0.2) is 0 Å². The maximum atomic E-state index is 12.3. The highest BCUT2D eigenvalue weighted by atomic mass is 16.5. The predicted molar refractivity (Wildman–Crippen MR) is 116 cm³/mol. The number of amides is 1. The van der Waals surface area contributed by atoms with Crippen molar-refractivity contribution in [2.45, 2.75) is 53.2 Å². The quantitative estimate of drug-likeness (QED) is 0.425. The Hall–Kier alpha value is -2.08. The first-order chi connectivity index (χ1) is 13.5. The van der Waals surface area contributed by atoms with E-state index in [2.05, 4.69) is 29.5 Å². The number of guanidine groups is 1. The first-order valence-corrected chi connectivity index (χ1v) is 10.4. The highest BCUT2D eigenvalue weighted by Crippen LogP contribution is 2.10. The van der Waals surface area contributed by atoms with Gasteiger partial charge in [-0.3, -0.25) is 9.79 Å². The van der Waals surface area contributed by atoms with Crippen molar-refractivity contribution >= 4 is 11.9 Å². The maximum absolute atomic E-state index is 12.3. The van der Waals surface area contributed by atoms with Crippen molar-refractivity contribution in [2.24, 2.45) is 10.9 Å². The third-order valence-corrected chi connectivity index (χ3v) is 4.47. The molecule has 1 unspecified atom stereocenters. The van der Waals surface area contributed by atoms with Crippen LogP contribution in [0.2, 0.25) is 0 Å². The minimum absolute atomic E-state index is 0.114. The molecule has 1 atom stereocenters. The fraction of sp³-hybridized carbons (Fsp3) is 0.636. The lowest BCUT2D eigenvalue weighted by Crippen LogP contribution is -2.39. The second-order valence-electron chi connectivity index (χ2n) is 7.20. The van der Waals surface area contributed by atoms with Gasteiger partial charge in [0, 0.05) is 46.3 Å². The lowest BCUT2D eigenvalue weighted by atomic mass is 10.0. The molecule has 1 aromatic carbocycles. The summed E-state index contributed by atoms with van der Waals surface area (Å²) in [5.41, 5.74) is 1.13. The molecule has 0 radical (unpaired) electrons. The van der Waals surface area contributed by atoms with Crippen LogP contribution in [0.25, 0.3) is 0 Å². The second-order valence-corrected chi connectivity index (χ2v) is 7.20. The average Bonchev–Trinajstić information content (AvgIpc) is 2.67. The van der Waals surface area contributed by atoms with Crippen molar-refractivity contribution in [1.29, 1.82) is 0 Å². The zero-order valence-electron chi connectivity index (χ0n) is 18.2. The molecule has 0 saturated heterocycles. The Balaban J connectivity index is 2.41. The number of hydrogen-bond donors (Lipinski definition) is 2. The van der Waals surface area contributed by atoms with Crippen LogP contribution in [-0.4, -0.2) is 56.2 Å². The van der Waals surface area contributed by atoms with E-state index in [9.17, 15) is 4.79 Å². The molecule has 28 heavy (non-hydrogen) atoms. The summed E-state index contributed by atoms with van der Waals surface area (Å²) in [5.74, 6) is 1.34. The Morgan fingerprint density at radius 3 is 2.50 bits per heavy atom. The Kier molecular flexibility index (Phi) is 12.0. The van der Waals surface area contributed by atoms with E-state index >= 15 is 0 Å². The van der Waals surface area contributed by atoms with E-state index in [1.54, 1.807) is 4.90 Å². The van der Waals surface area contributed by atoms with Crippen LogP contribution in [0.3, 0.4) is 0 Å². The first-order valence-electron chi connectivity index (χ1n) is 10.4. The minimum Gasteiger partial charge on any atom is -0.378 e. The van der Waals surface area contributed by atoms with Crippen LogP contribution in [0.1, 0.15) is 46.1 Å². The monoisotopic (exact) mass is 390 g/mol. The molecule has 158 valence electrons. The smallest absolute Gasteiger partial charge is 0.224 e. The van der Waals surface area contributed by atoms with Crippen molar-refractivity contribution < 1.29 is 9.53 Å². The number of rotatable bonds is 12. The average molecular weight is 391 g/mol. The van der Waals surface area contributed by atoms with E-state index in [4.69, 9.17) is 4.74 Å². The number of nitrogens with one attached hydrogen (secondary N) is 2. The highest BCUT2D eigenvalue weighted by Gasteiger charge is 2.13. The molecule has 0 fully saturated rings. The molecule has 0 spiro atoms. The van der Waals surface area contributed by atoms with Gasteiger partial charge in [0.15, 0.2) is 5.96 Å². The fourth-order valence-corrected chi connectivity index (χ4v) is 2.89. The Morgan fingerprint density at radius 2 is 1.89 bits per heavy atom. The lowest BCUT2D eigenvalue weighted by molar-refractivity contribution is -0.130. The molecular weight excluding hydrogens is 352 g/mol. The van der Waals surface area contributed by atoms with Crippen LogP contribution in [0.15, 0.2) is 35.3 Å². The molecule has 0 aliphatic heterocycles. The summed E-state index contributed by atoms with van der Waals surface area (Å²) in [6.45, 7) is 11.8. The molecule has 6 heteroatoms. The molecule has 1 rings (SSSR count). The topological polar surface area (TPSA) is 66.0 Å². The van der Waals surface area contributed by atoms with Crippen molar-refractivity contribution in [3.8, 4) is 0 Å². The Bertz CT molecular complexity index is 575. The van der Waals surface area contributed by atoms with Gasteiger partial charge in [-0.05, 0) is 31.7 Å². The summed E-state index contributed by atoms with van der Waals surface area (Å²) in [4.78, 5) is 18.7. The summed E-state index contributed by atoms with van der Waals surface area (Å²) < 4.78 is 5.77. The summed E-state index contributed by atoms with van der Waals surface area (Å²) in [6, 6.07) is 10.0. The molecule has 2 N–H and O–H groups in total. The largest absolute Gasteiger partial charge is 0.378 e. The van der Waals surface area contributed by atoms with Gasteiger partial charge in [-0.1, -0.05) is 44.2 Å². The van der Waals surface area contributed by atoms with Gasteiger partial charge in [0.05, 0.1) is 6.10 Å². The van der Waals surface area contributed by atoms with Gasteiger partial charge < -0.3 is 20.3 Å². The van der Waals surface area contributed by atoms with Gasteiger partial charge >= 0.3 is 0 Å². The van der Waals surface area contributed by atoms with Gasteiger partial charge in [0.1, 0.15) is 0 Å². The van der Waals surface area contributed by atoms with Crippen LogP contribution in [0.4, 0.5) is 0 Å². The highest BCUT2D eigenvalue weighted by molar-refractivity contribution is 5.81. The molecule has 6 nitrogen and oxygen atoms in total. The summed E-state index contributed by atoms with van der Waals surface area (Å²) in [6.07, 6.45) is 1.55. The van der Waals surface area contributed by atoms with E-state index in [0.29, 0.717) is 32.0 Å². The van der Waals surface area contributed by atoms with Crippen LogP contribution >= 0.6 is 0 Å². The Labute approximate surface area is 170 Å². The zero-order chi connectivity index (χ0) is 20.8. The first kappa shape index (κ1) is 24.0. The lowest BCUT2D eigenvalue weighted by Gasteiger charge is -2.20. The minimum atomic E-state index is 0.114. The molecule has 1 aromatic rings. The third-order valence-electron chi connectivity index (χ3n) is 4.47. The molecule has 0 saturated carbocycles. The normalized spacial score (nSPS) is 12.7. The van der Waals surface area contributed by atoms with Crippen molar-refractivity contribution in [3.63, 3.8) is 0 Å². The van der Waals surface area contributed by atoms with Crippen LogP contribution in [-0.2, 0) is 16.1 Å². The number of hydrogen-bond acceptors (Lipinski definition) is 3. The van der Waals surface area contributed by atoms with E-state index in [0.717, 1.165) is 31.1 Å². The van der Waals surface area contributed by atoms with E-state index in [1.165, 1.54) is 0 Å². The van der Waals surface area contributed by atoms with E-state index in [-0.39, 0.29) is 12.0 Å². The molecule has 0 heterocycles. The predicted octanol–water partition coefficient (Wildman–Crippen LogP) is 3.04. The van der Waals surface area contributed by atoms with Crippen molar-refractivity contribution in [1.82, 2.24) is 15.5 Å². The molecule has 1 amide bonds.